The average molecular weight is 467 g/mol. The van der Waals surface area contributed by atoms with E-state index in [0.29, 0.717) is 24.4 Å². The van der Waals surface area contributed by atoms with Crippen LogP contribution >= 0.6 is 0 Å². The van der Waals surface area contributed by atoms with E-state index in [0.717, 1.165) is 45.1 Å². The number of para-hydroxylation sites is 1. The van der Waals surface area contributed by atoms with Gasteiger partial charge in [-0.3, -0.25) is 4.79 Å². The molecule has 4 rings (SSSR count). The van der Waals surface area contributed by atoms with Crippen LogP contribution in [-0.4, -0.2) is 51.0 Å². The van der Waals surface area contributed by atoms with Crippen molar-refractivity contribution in [1.82, 2.24) is 10.6 Å². The first kappa shape index (κ1) is 24.1. The van der Waals surface area contributed by atoms with E-state index in [1.54, 1.807) is 19.2 Å². The Morgan fingerprint density at radius 1 is 1.00 bits per heavy atom. The lowest BCUT2D eigenvalue weighted by molar-refractivity contribution is 0.0514. The van der Waals surface area contributed by atoms with Gasteiger partial charge in [-0.2, -0.15) is 0 Å². The second kappa shape index (κ2) is 11.4. The molecule has 2 aromatic carbocycles. The van der Waals surface area contributed by atoms with Gasteiger partial charge >= 0.3 is 6.09 Å². The molecule has 2 N–H and O–H groups in total. The number of nitrogens with one attached hydrogen (secondary N) is 2. The van der Waals surface area contributed by atoms with Gasteiger partial charge < -0.3 is 24.8 Å². The van der Waals surface area contributed by atoms with E-state index < -0.39 is 0 Å². The lowest BCUT2D eigenvalue weighted by Crippen LogP contribution is -2.45. The second-order valence-electron chi connectivity index (χ2n) is 9.15. The number of methoxy groups -OCH3 is 1. The minimum atomic E-state index is -0.378. The molecule has 1 saturated heterocycles. The maximum Gasteiger partial charge on any atom is 0.407 e. The molecule has 1 aliphatic heterocycles. The Morgan fingerprint density at radius 3 is 2.44 bits per heavy atom. The Morgan fingerprint density at radius 2 is 1.74 bits per heavy atom. The SMILES string of the molecule is COc1ccccc1C(=O)NCC1(c2ccccc2)CCC(OC(=O)NCC2CCCO2)CC1. The van der Waals surface area contributed by atoms with Gasteiger partial charge in [0.05, 0.1) is 18.8 Å². The molecule has 1 aliphatic carbocycles. The summed E-state index contributed by atoms with van der Waals surface area (Å²) in [4.78, 5) is 25.2. The summed E-state index contributed by atoms with van der Waals surface area (Å²) in [6.45, 7) is 1.76. The lowest BCUT2D eigenvalue weighted by atomic mass is 9.68. The van der Waals surface area contributed by atoms with Crippen molar-refractivity contribution in [2.45, 2.75) is 56.1 Å². The van der Waals surface area contributed by atoms with Gasteiger partial charge in [-0.05, 0) is 56.2 Å². The number of benzene rings is 2. The summed E-state index contributed by atoms with van der Waals surface area (Å²) >= 11 is 0. The highest BCUT2D eigenvalue weighted by Gasteiger charge is 2.38. The largest absolute Gasteiger partial charge is 0.496 e. The Bertz CT molecular complexity index is 951. The van der Waals surface area contributed by atoms with Crippen LogP contribution in [0.5, 0.6) is 5.75 Å². The minimum Gasteiger partial charge on any atom is -0.496 e. The Hall–Kier alpha value is -3.06. The van der Waals surface area contributed by atoms with E-state index in [-0.39, 0.29) is 29.6 Å². The molecule has 0 aromatic heterocycles. The van der Waals surface area contributed by atoms with Gasteiger partial charge in [0.2, 0.25) is 0 Å². The molecule has 2 fully saturated rings. The predicted octanol–water partition coefficient (Wildman–Crippen LogP) is 4.21. The quantitative estimate of drug-likeness (QED) is 0.609. The molecule has 1 atom stereocenters. The summed E-state index contributed by atoms with van der Waals surface area (Å²) in [6, 6.07) is 17.5. The van der Waals surface area contributed by atoms with E-state index in [1.165, 1.54) is 5.56 Å². The van der Waals surface area contributed by atoms with Gasteiger partial charge in [0, 0.05) is 25.1 Å². The first-order valence-corrected chi connectivity index (χ1v) is 12.1. The zero-order valence-electron chi connectivity index (χ0n) is 19.8. The summed E-state index contributed by atoms with van der Waals surface area (Å²) in [5.74, 6) is 0.402. The normalized spacial score (nSPS) is 24.3. The van der Waals surface area contributed by atoms with Crippen LogP contribution in [-0.2, 0) is 14.9 Å². The standard InChI is InChI=1S/C27H34N2O5/c1-32-24-12-6-5-11-23(24)25(30)29-19-27(20-8-3-2-4-9-20)15-13-21(14-16-27)34-26(31)28-18-22-10-7-17-33-22/h2-6,8-9,11-12,21-22H,7,10,13-19H2,1H3,(H,28,31)(H,29,30). The first-order valence-electron chi connectivity index (χ1n) is 12.1. The van der Waals surface area contributed by atoms with E-state index >= 15 is 0 Å². The van der Waals surface area contributed by atoms with E-state index in [9.17, 15) is 9.59 Å². The van der Waals surface area contributed by atoms with Gasteiger partial charge in [0.25, 0.3) is 5.91 Å². The predicted molar refractivity (Wildman–Crippen MR) is 129 cm³/mol. The third-order valence-electron chi connectivity index (χ3n) is 6.99. The zero-order chi connectivity index (χ0) is 23.8. The topological polar surface area (TPSA) is 85.9 Å². The molecule has 0 radical (unpaired) electrons. The van der Waals surface area contributed by atoms with E-state index in [1.807, 2.05) is 30.3 Å². The fourth-order valence-corrected chi connectivity index (χ4v) is 4.99. The van der Waals surface area contributed by atoms with Gasteiger partial charge in [-0.25, -0.2) is 4.79 Å². The monoisotopic (exact) mass is 466 g/mol. The number of rotatable bonds is 8. The molecule has 1 heterocycles. The zero-order valence-corrected chi connectivity index (χ0v) is 19.8. The highest BCUT2D eigenvalue weighted by Crippen LogP contribution is 2.40. The molecule has 7 nitrogen and oxygen atoms in total. The Labute approximate surface area is 201 Å². The van der Waals surface area contributed by atoms with E-state index in [2.05, 4.69) is 22.8 Å². The van der Waals surface area contributed by atoms with Gasteiger partial charge in [-0.15, -0.1) is 0 Å². The third kappa shape index (κ3) is 5.89. The average Bonchev–Trinajstić information content (AvgIpc) is 3.41. The lowest BCUT2D eigenvalue weighted by Gasteiger charge is -2.40. The fraction of sp³-hybridized carbons (Fsp3) is 0.481. The molecule has 1 saturated carbocycles. The van der Waals surface area contributed by atoms with Crippen molar-refractivity contribution in [3.63, 3.8) is 0 Å². The minimum absolute atomic E-state index is 0.0940. The molecular formula is C27H34N2O5. The Balaban J connectivity index is 1.36. The van der Waals surface area contributed by atoms with Crippen molar-refractivity contribution in [2.24, 2.45) is 0 Å². The molecule has 1 unspecified atom stereocenters. The molecule has 0 bridgehead atoms. The van der Waals surface area contributed by atoms with Crippen LogP contribution in [0.3, 0.4) is 0 Å². The van der Waals surface area contributed by atoms with Gasteiger partial charge in [0.1, 0.15) is 11.9 Å². The first-order chi connectivity index (χ1) is 16.6. The summed E-state index contributed by atoms with van der Waals surface area (Å²) in [6.07, 6.45) is 4.71. The number of carbonyl (C=O) groups excluding carboxylic acids is 2. The third-order valence-corrected chi connectivity index (χ3v) is 6.99. The number of hydrogen-bond acceptors (Lipinski definition) is 5. The van der Waals surface area contributed by atoms with Crippen molar-refractivity contribution >= 4 is 12.0 Å². The van der Waals surface area contributed by atoms with Crippen molar-refractivity contribution in [1.29, 1.82) is 0 Å². The van der Waals surface area contributed by atoms with Gasteiger partial charge in [-0.1, -0.05) is 42.5 Å². The van der Waals surface area contributed by atoms with Gasteiger partial charge in [0.15, 0.2) is 0 Å². The summed E-state index contributed by atoms with van der Waals surface area (Å²) in [5.41, 5.74) is 1.50. The highest BCUT2D eigenvalue weighted by atomic mass is 16.6. The number of amides is 2. The second-order valence-corrected chi connectivity index (χ2v) is 9.15. The van der Waals surface area contributed by atoms with Crippen molar-refractivity contribution < 1.29 is 23.8 Å². The molecular weight excluding hydrogens is 432 g/mol. The van der Waals surface area contributed by atoms with Crippen molar-refractivity contribution in [2.75, 3.05) is 26.8 Å². The molecule has 7 heteroatoms. The number of hydrogen-bond donors (Lipinski definition) is 2. The maximum absolute atomic E-state index is 13.0. The van der Waals surface area contributed by atoms with Crippen molar-refractivity contribution in [3.8, 4) is 5.75 Å². The molecule has 2 aromatic rings. The van der Waals surface area contributed by atoms with Crippen LogP contribution in [0.4, 0.5) is 4.79 Å². The van der Waals surface area contributed by atoms with Crippen LogP contribution < -0.4 is 15.4 Å². The summed E-state index contributed by atoms with van der Waals surface area (Å²) in [5, 5.41) is 5.98. The van der Waals surface area contributed by atoms with Crippen LogP contribution in [0.15, 0.2) is 54.6 Å². The molecule has 182 valence electrons. The molecule has 2 aliphatic rings. The molecule has 34 heavy (non-hydrogen) atoms. The summed E-state index contributed by atoms with van der Waals surface area (Å²) in [7, 11) is 1.57. The van der Waals surface area contributed by atoms with Crippen LogP contribution in [0.25, 0.3) is 0 Å². The number of alkyl carbamates (subject to hydrolysis) is 1. The number of ether oxygens (including phenoxy) is 3. The van der Waals surface area contributed by atoms with Crippen LogP contribution in [0.2, 0.25) is 0 Å². The van der Waals surface area contributed by atoms with Crippen LogP contribution in [0.1, 0.15) is 54.4 Å². The number of carbonyl (C=O) groups is 2. The maximum atomic E-state index is 13.0. The highest BCUT2D eigenvalue weighted by molar-refractivity contribution is 5.97. The molecule has 0 spiro atoms. The smallest absolute Gasteiger partial charge is 0.407 e. The fourth-order valence-electron chi connectivity index (χ4n) is 4.99. The Kier molecular flexibility index (Phi) is 8.06. The molecule has 2 amide bonds. The summed E-state index contributed by atoms with van der Waals surface area (Å²) < 4.78 is 16.6. The van der Waals surface area contributed by atoms with Crippen molar-refractivity contribution in [3.05, 3.63) is 65.7 Å². The van der Waals surface area contributed by atoms with Crippen LogP contribution in [0, 0.1) is 0 Å². The van der Waals surface area contributed by atoms with E-state index in [4.69, 9.17) is 14.2 Å².